The molecule has 2 N–H and O–H groups in total. The number of tetrazole rings is 1. The quantitative estimate of drug-likeness (QED) is 0.720. The summed E-state index contributed by atoms with van der Waals surface area (Å²) in [5.74, 6) is -0.316. The van der Waals surface area contributed by atoms with Crippen molar-refractivity contribution >= 4 is 0 Å². The molecular formula is C18H20FN5O. The second kappa shape index (κ2) is 7.08. The smallest absolute Gasteiger partial charge is 0.143 e. The van der Waals surface area contributed by atoms with Crippen LogP contribution in [0, 0.1) is 5.82 Å². The molecule has 2 aromatic carbocycles. The third-order valence-electron chi connectivity index (χ3n) is 4.23. The minimum absolute atomic E-state index is 0.0369. The van der Waals surface area contributed by atoms with Crippen molar-refractivity contribution < 1.29 is 9.50 Å². The van der Waals surface area contributed by atoms with Gasteiger partial charge < -0.3 is 10.4 Å². The number of rotatable bonds is 6. The van der Waals surface area contributed by atoms with Crippen LogP contribution >= 0.6 is 0 Å². The Bertz CT molecular complexity index is 800. The first-order valence-corrected chi connectivity index (χ1v) is 8.01. The molecule has 0 aliphatic heterocycles. The lowest BCUT2D eigenvalue weighted by Crippen LogP contribution is -2.36. The van der Waals surface area contributed by atoms with E-state index in [1.807, 2.05) is 31.2 Å². The zero-order valence-electron chi connectivity index (χ0n) is 14.1. The summed E-state index contributed by atoms with van der Waals surface area (Å²) in [5, 5.41) is 25.0. The van der Waals surface area contributed by atoms with Crippen LogP contribution < -0.4 is 5.32 Å². The second-order valence-electron chi connectivity index (χ2n) is 6.23. The molecule has 0 saturated heterocycles. The lowest BCUT2D eigenvalue weighted by atomic mass is 9.95. The molecule has 0 spiro atoms. The summed E-state index contributed by atoms with van der Waals surface area (Å²) in [5.41, 5.74) is 1.53. The number of aliphatic hydroxyl groups is 1. The van der Waals surface area contributed by atoms with Crippen molar-refractivity contribution in [1.29, 1.82) is 0 Å². The molecule has 0 aliphatic rings. The minimum atomic E-state index is -1.09. The summed E-state index contributed by atoms with van der Waals surface area (Å²) in [6.45, 7) is 4.07. The van der Waals surface area contributed by atoms with Gasteiger partial charge in [0.15, 0.2) is 0 Å². The molecule has 2 atom stereocenters. The number of halogens is 1. The zero-order chi connectivity index (χ0) is 17.9. The Balaban J connectivity index is 1.63. The van der Waals surface area contributed by atoms with Gasteiger partial charge in [-0.1, -0.05) is 24.3 Å². The first kappa shape index (κ1) is 17.2. The predicted molar refractivity (Wildman–Crippen MR) is 91.5 cm³/mol. The van der Waals surface area contributed by atoms with Gasteiger partial charge in [-0.05, 0) is 59.7 Å². The van der Waals surface area contributed by atoms with Crippen LogP contribution in [0.25, 0.3) is 5.69 Å². The van der Waals surface area contributed by atoms with E-state index in [1.165, 1.54) is 18.5 Å². The van der Waals surface area contributed by atoms with Crippen molar-refractivity contribution in [3.63, 3.8) is 0 Å². The molecule has 1 heterocycles. The van der Waals surface area contributed by atoms with Crippen molar-refractivity contribution in [2.75, 3.05) is 6.54 Å². The molecule has 0 amide bonds. The van der Waals surface area contributed by atoms with Gasteiger partial charge in [0.1, 0.15) is 12.1 Å². The van der Waals surface area contributed by atoms with Crippen LogP contribution in [-0.2, 0) is 5.60 Å². The van der Waals surface area contributed by atoms with Gasteiger partial charge in [0.05, 0.1) is 11.3 Å². The summed E-state index contributed by atoms with van der Waals surface area (Å²) in [7, 11) is 0. The molecule has 1 aromatic heterocycles. The van der Waals surface area contributed by atoms with Crippen molar-refractivity contribution in [3.05, 3.63) is 71.8 Å². The van der Waals surface area contributed by atoms with E-state index in [9.17, 15) is 9.50 Å². The Kier molecular flexibility index (Phi) is 4.87. The van der Waals surface area contributed by atoms with Crippen molar-refractivity contribution in [1.82, 2.24) is 25.5 Å². The number of hydrogen-bond acceptors (Lipinski definition) is 5. The van der Waals surface area contributed by atoms with Crippen LogP contribution in [0.1, 0.15) is 31.0 Å². The largest absolute Gasteiger partial charge is 0.384 e. The topological polar surface area (TPSA) is 75.9 Å². The summed E-state index contributed by atoms with van der Waals surface area (Å²) < 4.78 is 14.6. The highest BCUT2D eigenvalue weighted by atomic mass is 19.1. The Labute approximate surface area is 145 Å². The van der Waals surface area contributed by atoms with Crippen LogP contribution in [0.3, 0.4) is 0 Å². The van der Waals surface area contributed by atoms with E-state index in [-0.39, 0.29) is 11.9 Å². The number of hydrogen-bond donors (Lipinski definition) is 2. The molecule has 0 bridgehead atoms. The monoisotopic (exact) mass is 341 g/mol. The summed E-state index contributed by atoms with van der Waals surface area (Å²) in [6.07, 6.45) is 1.54. The lowest BCUT2D eigenvalue weighted by Gasteiger charge is -2.26. The summed E-state index contributed by atoms with van der Waals surface area (Å²) in [6, 6.07) is 13.8. The summed E-state index contributed by atoms with van der Waals surface area (Å²) >= 11 is 0. The Morgan fingerprint density at radius 3 is 2.44 bits per heavy atom. The van der Waals surface area contributed by atoms with Crippen molar-refractivity contribution in [2.45, 2.75) is 25.5 Å². The third kappa shape index (κ3) is 4.07. The third-order valence-corrected chi connectivity index (χ3v) is 4.23. The number of benzene rings is 2. The van der Waals surface area contributed by atoms with Crippen LogP contribution in [0.15, 0.2) is 54.9 Å². The van der Waals surface area contributed by atoms with Crippen LogP contribution in [0.5, 0.6) is 0 Å². The number of nitrogens with one attached hydrogen (secondary N) is 1. The fourth-order valence-electron chi connectivity index (χ4n) is 2.58. The average molecular weight is 341 g/mol. The van der Waals surface area contributed by atoms with E-state index in [4.69, 9.17) is 0 Å². The zero-order valence-corrected chi connectivity index (χ0v) is 14.1. The van der Waals surface area contributed by atoms with Gasteiger partial charge in [-0.2, -0.15) is 0 Å². The summed E-state index contributed by atoms with van der Waals surface area (Å²) in [4.78, 5) is 0. The van der Waals surface area contributed by atoms with E-state index in [2.05, 4.69) is 20.8 Å². The maximum atomic E-state index is 13.0. The molecule has 0 radical (unpaired) electrons. The van der Waals surface area contributed by atoms with E-state index >= 15 is 0 Å². The molecule has 130 valence electrons. The fourth-order valence-corrected chi connectivity index (χ4v) is 2.58. The maximum absolute atomic E-state index is 13.0. The average Bonchev–Trinajstić information content (AvgIpc) is 3.15. The first-order valence-electron chi connectivity index (χ1n) is 8.01. The minimum Gasteiger partial charge on any atom is -0.384 e. The highest BCUT2D eigenvalue weighted by Gasteiger charge is 2.23. The molecule has 3 rings (SSSR count). The molecule has 0 saturated carbocycles. The first-order chi connectivity index (χ1) is 12.0. The SMILES string of the molecule is C[C@H](NC[C@@](C)(O)c1ccc(F)cc1)c1ccc(-n2cnnn2)cc1. The van der Waals surface area contributed by atoms with Crippen LogP contribution in [-0.4, -0.2) is 31.9 Å². The molecule has 6 nitrogen and oxygen atoms in total. The van der Waals surface area contributed by atoms with Gasteiger partial charge in [-0.3, -0.25) is 0 Å². The normalized spacial score (nSPS) is 14.9. The van der Waals surface area contributed by atoms with Crippen LogP contribution in [0.2, 0.25) is 0 Å². The number of aromatic nitrogens is 4. The van der Waals surface area contributed by atoms with Gasteiger partial charge in [-0.25, -0.2) is 9.07 Å². The van der Waals surface area contributed by atoms with Gasteiger partial charge in [0.2, 0.25) is 0 Å². The molecular weight excluding hydrogens is 321 g/mol. The van der Waals surface area contributed by atoms with Crippen LogP contribution in [0.4, 0.5) is 4.39 Å². The van der Waals surface area contributed by atoms with Crippen molar-refractivity contribution in [3.8, 4) is 5.69 Å². The Hall–Kier alpha value is -2.64. The van der Waals surface area contributed by atoms with E-state index in [1.54, 1.807) is 23.7 Å². The predicted octanol–water partition coefficient (Wildman–Crippen LogP) is 2.36. The van der Waals surface area contributed by atoms with E-state index in [0.717, 1.165) is 11.3 Å². The van der Waals surface area contributed by atoms with Crippen molar-refractivity contribution in [2.24, 2.45) is 0 Å². The fraction of sp³-hybridized carbons (Fsp3) is 0.278. The lowest BCUT2D eigenvalue weighted by molar-refractivity contribution is 0.0543. The van der Waals surface area contributed by atoms with E-state index < -0.39 is 5.60 Å². The molecule has 7 heteroatoms. The molecule has 25 heavy (non-hydrogen) atoms. The standard InChI is InChI=1S/C18H20FN5O/c1-13(14-3-9-17(10-4-14)24-12-21-22-23-24)20-11-18(2,25)15-5-7-16(19)8-6-15/h3-10,12-13,20,25H,11H2,1-2H3/t13-,18+/m0/s1. The van der Waals surface area contributed by atoms with E-state index in [0.29, 0.717) is 12.1 Å². The maximum Gasteiger partial charge on any atom is 0.143 e. The Morgan fingerprint density at radius 2 is 1.84 bits per heavy atom. The molecule has 0 fully saturated rings. The Morgan fingerprint density at radius 1 is 1.16 bits per heavy atom. The highest BCUT2D eigenvalue weighted by molar-refractivity contribution is 5.34. The molecule has 3 aromatic rings. The van der Waals surface area contributed by atoms with Gasteiger partial charge >= 0.3 is 0 Å². The van der Waals surface area contributed by atoms with Gasteiger partial charge in [0.25, 0.3) is 0 Å². The highest BCUT2D eigenvalue weighted by Crippen LogP contribution is 2.22. The molecule has 0 aliphatic carbocycles. The van der Waals surface area contributed by atoms with Gasteiger partial charge in [-0.15, -0.1) is 5.10 Å². The molecule has 0 unspecified atom stereocenters. The number of nitrogens with zero attached hydrogens (tertiary/aromatic N) is 4. The second-order valence-corrected chi connectivity index (χ2v) is 6.23. The van der Waals surface area contributed by atoms with Gasteiger partial charge in [0, 0.05) is 12.6 Å².